The van der Waals surface area contributed by atoms with Gasteiger partial charge in [-0.3, -0.25) is 0 Å². The van der Waals surface area contributed by atoms with Crippen LogP contribution in [-0.2, 0) is 6.42 Å². The zero-order chi connectivity index (χ0) is 13.0. The highest BCUT2D eigenvalue weighted by Gasteiger charge is 2.18. The lowest BCUT2D eigenvalue weighted by Crippen LogP contribution is -2.31. The minimum atomic E-state index is -0.131. The van der Waals surface area contributed by atoms with Gasteiger partial charge in [0.15, 0.2) is 0 Å². The van der Waals surface area contributed by atoms with Gasteiger partial charge in [-0.1, -0.05) is 19.9 Å². The first-order valence-electron chi connectivity index (χ1n) is 6.91. The Morgan fingerprint density at radius 3 is 2.94 bits per heavy atom. The van der Waals surface area contributed by atoms with Crippen LogP contribution in [0, 0.1) is 11.7 Å². The number of benzene rings is 1. The Morgan fingerprint density at radius 2 is 2.17 bits per heavy atom. The molecule has 1 N–H and O–H groups in total. The first-order chi connectivity index (χ1) is 8.66. The lowest BCUT2D eigenvalue weighted by molar-refractivity contribution is 0.538. The number of nitrogens with zero attached hydrogens (tertiary/aromatic N) is 1. The van der Waals surface area contributed by atoms with Crippen molar-refractivity contribution < 1.29 is 4.39 Å². The van der Waals surface area contributed by atoms with E-state index in [1.54, 1.807) is 12.1 Å². The second-order valence-corrected chi connectivity index (χ2v) is 5.44. The maximum Gasteiger partial charge on any atom is 0.125 e. The average molecular weight is 250 g/mol. The van der Waals surface area contributed by atoms with Crippen molar-refractivity contribution in [2.45, 2.75) is 26.7 Å². The van der Waals surface area contributed by atoms with Gasteiger partial charge in [-0.15, -0.1) is 0 Å². The van der Waals surface area contributed by atoms with Crippen LogP contribution in [0.5, 0.6) is 0 Å². The standard InChI is InChI=1S/C15H23FN2/c1-12(2)5-7-17-8-10-18-9-6-13-3-4-14(16)11-15(13)18/h3-4,11-12,17H,5-10H2,1-2H3. The molecule has 1 aliphatic rings. The largest absolute Gasteiger partial charge is 0.370 e. The molecule has 0 saturated heterocycles. The van der Waals surface area contributed by atoms with Gasteiger partial charge < -0.3 is 10.2 Å². The molecule has 0 saturated carbocycles. The average Bonchev–Trinajstić information content (AvgIpc) is 2.71. The number of fused-ring (bicyclic) bond motifs is 1. The molecule has 0 spiro atoms. The summed E-state index contributed by atoms with van der Waals surface area (Å²) in [6, 6.07) is 5.14. The van der Waals surface area contributed by atoms with Crippen molar-refractivity contribution in [2.24, 2.45) is 5.92 Å². The number of nitrogens with one attached hydrogen (secondary N) is 1. The molecular formula is C15H23FN2. The summed E-state index contributed by atoms with van der Waals surface area (Å²) in [5, 5.41) is 3.45. The SMILES string of the molecule is CC(C)CCNCCN1CCc2ccc(F)cc21. The van der Waals surface area contributed by atoms with Gasteiger partial charge in [-0.05, 0) is 43.0 Å². The van der Waals surface area contributed by atoms with E-state index in [1.165, 1.54) is 12.0 Å². The maximum absolute atomic E-state index is 13.2. The van der Waals surface area contributed by atoms with Crippen LogP contribution in [-0.4, -0.2) is 26.2 Å². The van der Waals surface area contributed by atoms with Gasteiger partial charge in [-0.2, -0.15) is 0 Å². The molecule has 0 atom stereocenters. The Hall–Kier alpha value is -1.09. The molecule has 0 bridgehead atoms. The molecule has 1 aromatic carbocycles. The second-order valence-electron chi connectivity index (χ2n) is 5.44. The van der Waals surface area contributed by atoms with E-state index < -0.39 is 0 Å². The van der Waals surface area contributed by atoms with Crippen molar-refractivity contribution in [3.8, 4) is 0 Å². The van der Waals surface area contributed by atoms with Crippen molar-refractivity contribution in [2.75, 3.05) is 31.1 Å². The molecule has 3 heteroatoms. The van der Waals surface area contributed by atoms with E-state index in [4.69, 9.17) is 0 Å². The highest BCUT2D eigenvalue weighted by molar-refractivity contribution is 5.58. The van der Waals surface area contributed by atoms with Crippen LogP contribution in [0.4, 0.5) is 10.1 Å². The highest BCUT2D eigenvalue weighted by atomic mass is 19.1. The molecule has 0 aliphatic carbocycles. The third-order valence-corrected chi connectivity index (χ3v) is 3.50. The molecule has 0 amide bonds. The Bertz CT molecular complexity index is 390. The number of anilines is 1. The molecule has 100 valence electrons. The molecule has 1 aliphatic heterocycles. The molecule has 0 radical (unpaired) electrons. The molecule has 0 unspecified atom stereocenters. The maximum atomic E-state index is 13.2. The smallest absolute Gasteiger partial charge is 0.125 e. The fraction of sp³-hybridized carbons (Fsp3) is 0.600. The minimum Gasteiger partial charge on any atom is -0.370 e. The van der Waals surface area contributed by atoms with Crippen LogP contribution in [0.2, 0.25) is 0 Å². The second kappa shape index (κ2) is 6.19. The topological polar surface area (TPSA) is 15.3 Å². The van der Waals surface area contributed by atoms with Gasteiger partial charge in [0, 0.05) is 25.3 Å². The summed E-state index contributed by atoms with van der Waals surface area (Å²) >= 11 is 0. The van der Waals surface area contributed by atoms with Crippen LogP contribution in [0.25, 0.3) is 0 Å². The molecule has 1 aromatic rings. The zero-order valence-electron chi connectivity index (χ0n) is 11.4. The predicted molar refractivity (Wildman–Crippen MR) is 74.6 cm³/mol. The Balaban J connectivity index is 1.77. The Morgan fingerprint density at radius 1 is 1.33 bits per heavy atom. The van der Waals surface area contributed by atoms with Crippen molar-refractivity contribution in [1.82, 2.24) is 5.32 Å². The van der Waals surface area contributed by atoms with E-state index in [1.807, 2.05) is 6.07 Å². The molecule has 2 nitrogen and oxygen atoms in total. The van der Waals surface area contributed by atoms with Gasteiger partial charge in [0.1, 0.15) is 5.82 Å². The normalized spacial score (nSPS) is 14.3. The quantitative estimate of drug-likeness (QED) is 0.781. The molecular weight excluding hydrogens is 227 g/mol. The van der Waals surface area contributed by atoms with Gasteiger partial charge in [0.2, 0.25) is 0 Å². The summed E-state index contributed by atoms with van der Waals surface area (Å²) in [6.45, 7) is 8.51. The zero-order valence-corrected chi connectivity index (χ0v) is 11.4. The summed E-state index contributed by atoms with van der Waals surface area (Å²) in [5.41, 5.74) is 2.36. The van der Waals surface area contributed by atoms with Crippen LogP contribution >= 0.6 is 0 Å². The molecule has 1 heterocycles. The van der Waals surface area contributed by atoms with Crippen molar-refractivity contribution in [1.29, 1.82) is 0 Å². The lowest BCUT2D eigenvalue weighted by Gasteiger charge is -2.19. The number of hydrogen-bond acceptors (Lipinski definition) is 2. The summed E-state index contributed by atoms with van der Waals surface area (Å²) in [7, 11) is 0. The van der Waals surface area contributed by atoms with Gasteiger partial charge >= 0.3 is 0 Å². The van der Waals surface area contributed by atoms with Crippen LogP contribution < -0.4 is 10.2 Å². The van der Waals surface area contributed by atoms with E-state index in [0.717, 1.165) is 44.2 Å². The Labute approximate surface area is 109 Å². The molecule has 18 heavy (non-hydrogen) atoms. The third-order valence-electron chi connectivity index (χ3n) is 3.50. The van der Waals surface area contributed by atoms with Crippen molar-refractivity contribution in [3.63, 3.8) is 0 Å². The van der Waals surface area contributed by atoms with Crippen molar-refractivity contribution in [3.05, 3.63) is 29.6 Å². The third kappa shape index (κ3) is 3.45. The summed E-state index contributed by atoms with van der Waals surface area (Å²) in [5.74, 6) is 0.618. The first-order valence-corrected chi connectivity index (χ1v) is 6.91. The Kier molecular flexibility index (Phi) is 4.59. The van der Waals surface area contributed by atoms with Crippen LogP contribution in [0.3, 0.4) is 0 Å². The van der Waals surface area contributed by atoms with Gasteiger partial charge in [0.05, 0.1) is 0 Å². The highest BCUT2D eigenvalue weighted by Crippen LogP contribution is 2.27. The first kappa shape index (κ1) is 13.3. The minimum absolute atomic E-state index is 0.131. The van der Waals surface area contributed by atoms with E-state index >= 15 is 0 Å². The number of halogens is 1. The molecule has 0 aromatic heterocycles. The van der Waals surface area contributed by atoms with Gasteiger partial charge in [-0.25, -0.2) is 4.39 Å². The summed E-state index contributed by atoms with van der Waals surface area (Å²) < 4.78 is 13.2. The molecule has 2 rings (SSSR count). The van der Waals surface area contributed by atoms with Crippen molar-refractivity contribution >= 4 is 5.69 Å². The fourth-order valence-electron chi connectivity index (χ4n) is 2.38. The molecule has 0 fully saturated rings. The monoisotopic (exact) mass is 250 g/mol. The van der Waals surface area contributed by atoms with Crippen LogP contribution in [0.15, 0.2) is 18.2 Å². The van der Waals surface area contributed by atoms with Gasteiger partial charge in [0.25, 0.3) is 0 Å². The van der Waals surface area contributed by atoms with E-state index in [-0.39, 0.29) is 5.82 Å². The summed E-state index contributed by atoms with van der Waals surface area (Å²) in [4.78, 5) is 2.28. The predicted octanol–water partition coefficient (Wildman–Crippen LogP) is 2.82. The number of rotatable bonds is 6. The summed E-state index contributed by atoms with van der Waals surface area (Å²) in [6.07, 6.45) is 2.26. The van der Waals surface area contributed by atoms with E-state index in [0.29, 0.717) is 0 Å². The fourth-order valence-corrected chi connectivity index (χ4v) is 2.38. The lowest BCUT2D eigenvalue weighted by atomic mass is 10.1. The van der Waals surface area contributed by atoms with E-state index in [9.17, 15) is 4.39 Å². The number of hydrogen-bond donors (Lipinski definition) is 1. The van der Waals surface area contributed by atoms with Crippen LogP contribution in [0.1, 0.15) is 25.8 Å². The van der Waals surface area contributed by atoms with E-state index in [2.05, 4.69) is 24.1 Å².